The van der Waals surface area contributed by atoms with Gasteiger partial charge in [0.25, 0.3) is 5.92 Å². The van der Waals surface area contributed by atoms with E-state index in [0.29, 0.717) is 31.3 Å². The minimum Gasteiger partial charge on any atom is -0.368 e. The maximum absolute atomic E-state index is 13.6. The number of nitrogens with two attached hydrogens (primary N) is 1. The molecule has 2 N–H and O–H groups in total. The van der Waals surface area contributed by atoms with Crippen molar-refractivity contribution in [2.45, 2.75) is 51.1 Å². The Bertz CT molecular complexity index is 1410. The minimum atomic E-state index is -2.56. The van der Waals surface area contributed by atoms with E-state index in [9.17, 15) is 8.78 Å². The fourth-order valence-corrected chi connectivity index (χ4v) is 5.50. The normalized spacial score (nSPS) is 18.7. The first-order valence-electron chi connectivity index (χ1n) is 12.7. The topological polar surface area (TPSA) is 93.4 Å². The van der Waals surface area contributed by atoms with Crippen molar-refractivity contribution in [3.8, 4) is 5.69 Å². The third-order valence-electron chi connectivity index (χ3n) is 7.37. The van der Waals surface area contributed by atoms with Gasteiger partial charge < -0.3 is 5.73 Å². The van der Waals surface area contributed by atoms with E-state index < -0.39 is 5.92 Å². The van der Waals surface area contributed by atoms with Crippen molar-refractivity contribution in [1.82, 2.24) is 39.2 Å². The van der Waals surface area contributed by atoms with Gasteiger partial charge >= 0.3 is 0 Å². The predicted octanol–water partition coefficient (Wildman–Crippen LogP) is 3.13. The van der Waals surface area contributed by atoms with E-state index in [1.807, 2.05) is 40.0 Å². The summed E-state index contributed by atoms with van der Waals surface area (Å²) in [5.74, 6) is -1.46. The van der Waals surface area contributed by atoms with Gasteiger partial charge in [0.15, 0.2) is 5.65 Å². The molecule has 0 amide bonds. The summed E-state index contributed by atoms with van der Waals surface area (Å²) in [6.07, 6.45) is 4.25. The standard InChI is InChI=1S/C26H31F2N9/c1-17(2)23-20(12-18-6-3-4-7-21(18)36-10-5-9-30-36)33-37-24(23)31-22(32-25(37)29)15-34-13-19(14-34)35-11-8-26(27,28)16-35/h3-7,9-10,17,19H,8,11-16H2,1-2H3,(H2,29,31,32). The molecule has 2 aliphatic heterocycles. The number of rotatable bonds is 7. The van der Waals surface area contributed by atoms with Crippen LogP contribution in [-0.2, 0) is 13.0 Å². The Labute approximate surface area is 213 Å². The zero-order valence-corrected chi connectivity index (χ0v) is 21.1. The number of alkyl halides is 2. The van der Waals surface area contributed by atoms with E-state index in [1.54, 1.807) is 10.7 Å². The maximum Gasteiger partial charge on any atom is 0.261 e. The van der Waals surface area contributed by atoms with Crippen molar-refractivity contribution < 1.29 is 8.78 Å². The number of aromatic nitrogens is 6. The number of hydrogen-bond acceptors (Lipinski definition) is 7. The highest BCUT2D eigenvalue weighted by molar-refractivity contribution is 5.56. The van der Waals surface area contributed by atoms with Crippen LogP contribution >= 0.6 is 0 Å². The Balaban J connectivity index is 1.25. The number of nitrogens with zero attached hydrogens (tertiary/aromatic N) is 8. The average Bonchev–Trinajstić information content (AvgIpc) is 3.55. The summed E-state index contributed by atoms with van der Waals surface area (Å²) in [5.41, 5.74) is 11.1. The molecule has 194 valence electrons. The van der Waals surface area contributed by atoms with E-state index in [-0.39, 0.29) is 24.9 Å². The molecule has 0 spiro atoms. The summed E-state index contributed by atoms with van der Waals surface area (Å²) >= 11 is 0. The molecular formula is C26H31F2N9. The highest BCUT2D eigenvalue weighted by Gasteiger charge is 2.44. The third kappa shape index (κ3) is 4.57. The molecule has 0 saturated carbocycles. The number of nitrogen functional groups attached to an aromatic ring is 1. The van der Waals surface area contributed by atoms with Crippen molar-refractivity contribution in [2.24, 2.45) is 0 Å². The number of benzene rings is 1. The van der Waals surface area contributed by atoms with E-state index in [2.05, 4.69) is 34.9 Å². The summed E-state index contributed by atoms with van der Waals surface area (Å²) in [7, 11) is 0. The van der Waals surface area contributed by atoms with Crippen LogP contribution in [0, 0.1) is 0 Å². The van der Waals surface area contributed by atoms with E-state index in [0.717, 1.165) is 41.2 Å². The van der Waals surface area contributed by atoms with Crippen LogP contribution in [0.5, 0.6) is 0 Å². The van der Waals surface area contributed by atoms with Crippen LogP contribution < -0.4 is 5.73 Å². The molecule has 0 bridgehead atoms. The summed E-state index contributed by atoms with van der Waals surface area (Å²) in [6.45, 7) is 6.57. The minimum absolute atomic E-state index is 0.0479. The van der Waals surface area contributed by atoms with Crippen LogP contribution in [0.3, 0.4) is 0 Å². The second kappa shape index (κ2) is 9.14. The van der Waals surface area contributed by atoms with Crippen LogP contribution in [0.4, 0.5) is 14.7 Å². The van der Waals surface area contributed by atoms with Crippen LogP contribution in [-0.4, -0.2) is 77.3 Å². The van der Waals surface area contributed by atoms with Crippen molar-refractivity contribution in [2.75, 3.05) is 31.9 Å². The van der Waals surface area contributed by atoms with Crippen LogP contribution in [0.2, 0.25) is 0 Å². The summed E-state index contributed by atoms with van der Waals surface area (Å²) in [5, 5.41) is 9.23. The molecule has 2 aliphatic rings. The first kappa shape index (κ1) is 23.9. The van der Waals surface area contributed by atoms with Gasteiger partial charge in [-0.2, -0.15) is 19.7 Å². The molecule has 2 saturated heterocycles. The third-order valence-corrected chi connectivity index (χ3v) is 7.37. The molecule has 2 fully saturated rings. The molecule has 0 atom stereocenters. The second-order valence-electron chi connectivity index (χ2n) is 10.4. The first-order valence-corrected chi connectivity index (χ1v) is 12.7. The number of anilines is 1. The quantitative estimate of drug-likeness (QED) is 0.411. The Morgan fingerprint density at radius 2 is 1.95 bits per heavy atom. The zero-order valence-electron chi connectivity index (χ0n) is 21.1. The lowest BCUT2D eigenvalue weighted by molar-refractivity contribution is -0.0140. The lowest BCUT2D eigenvalue weighted by atomic mass is 9.98. The highest BCUT2D eigenvalue weighted by atomic mass is 19.3. The summed E-state index contributed by atoms with van der Waals surface area (Å²) < 4.78 is 30.7. The lowest BCUT2D eigenvalue weighted by Crippen LogP contribution is -2.58. The van der Waals surface area contributed by atoms with Gasteiger partial charge in [0.2, 0.25) is 5.95 Å². The lowest BCUT2D eigenvalue weighted by Gasteiger charge is -2.43. The Morgan fingerprint density at radius 3 is 2.65 bits per heavy atom. The summed E-state index contributed by atoms with van der Waals surface area (Å²) in [6, 6.07) is 10.2. The molecule has 3 aromatic heterocycles. The molecule has 11 heteroatoms. The van der Waals surface area contributed by atoms with Crippen LogP contribution in [0.15, 0.2) is 42.7 Å². The molecule has 1 aromatic carbocycles. The van der Waals surface area contributed by atoms with E-state index >= 15 is 0 Å². The largest absolute Gasteiger partial charge is 0.368 e. The van der Waals surface area contributed by atoms with Crippen LogP contribution in [0.1, 0.15) is 48.8 Å². The van der Waals surface area contributed by atoms with Gasteiger partial charge in [-0.15, -0.1) is 0 Å². The molecule has 6 rings (SSSR count). The van der Waals surface area contributed by atoms with Gasteiger partial charge in [0.1, 0.15) is 5.82 Å². The number of likely N-dealkylation sites (tertiary alicyclic amines) is 2. The van der Waals surface area contributed by atoms with Gasteiger partial charge in [-0.3, -0.25) is 9.80 Å². The SMILES string of the molecule is CC(C)c1c(Cc2ccccc2-n2cccn2)nn2c(N)nc(CN3CC(N4CCC(F)(F)C4)C3)nc12. The van der Waals surface area contributed by atoms with Gasteiger partial charge in [0.05, 0.1) is 24.5 Å². The van der Waals surface area contributed by atoms with Crippen molar-refractivity contribution in [3.05, 3.63) is 65.4 Å². The van der Waals surface area contributed by atoms with Gasteiger partial charge in [-0.05, 0) is 23.6 Å². The molecular weight excluding hydrogens is 476 g/mol. The molecule has 0 aliphatic carbocycles. The monoisotopic (exact) mass is 507 g/mol. The number of halogens is 2. The fraction of sp³-hybridized carbons (Fsp3) is 0.462. The Hall–Kier alpha value is -3.44. The van der Waals surface area contributed by atoms with Crippen molar-refractivity contribution in [1.29, 1.82) is 0 Å². The highest BCUT2D eigenvalue weighted by Crippen LogP contribution is 2.31. The van der Waals surface area contributed by atoms with Gasteiger partial charge in [0, 0.05) is 56.5 Å². The first-order chi connectivity index (χ1) is 17.8. The molecule has 0 unspecified atom stereocenters. The average molecular weight is 508 g/mol. The number of hydrogen-bond donors (Lipinski definition) is 1. The van der Waals surface area contributed by atoms with E-state index in [1.165, 1.54) is 0 Å². The molecule has 4 aromatic rings. The van der Waals surface area contributed by atoms with Crippen molar-refractivity contribution in [3.63, 3.8) is 0 Å². The predicted molar refractivity (Wildman–Crippen MR) is 136 cm³/mol. The molecule has 0 radical (unpaired) electrons. The van der Waals surface area contributed by atoms with E-state index in [4.69, 9.17) is 15.8 Å². The fourth-order valence-electron chi connectivity index (χ4n) is 5.50. The zero-order chi connectivity index (χ0) is 25.7. The van der Waals surface area contributed by atoms with Gasteiger partial charge in [-0.25, -0.2) is 18.4 Å². The molecule has 5 heterocycles. The second-order valence-corrected chi connectivity index (χ2v) is 10.4. The number of fused-ring (bicyclic) bond motifs is 1. The van der Waals surface area contributed by atoms with Gasteiger partial charge in [-0.1, -0.05) is 32.0 Å². The maximum atomic E-state index is 13.6. The summed E-state index contributed by atoms with van der Waals surface area (Å²) in [4.78, 5) is 13.5. The number of para-hydroxylation sites is 1. The smallest absolute Gasteiger partial charge is 0.261 e. The van der Waals surface area contributed by atoms with Crippen molar-refractivity contribution >= 4 is 11.6 Å². The Morgan fingerprint density at radius 1 is 1.14 bits per heavy atom. The molecule has 9 nitrogen and oxygen atoms in total. The Kier molecular flexibility index (Phi) is 5.91. The molecule has 37 heavy (non-hydrogen) atoms. The van der Waals surface area contributed by atoms with Crippen LogP contribution in [0.25, 0.3) is 11.3 Å².